The summed E-state index contributed by atoms with van der Waals surface area (Å²) in [5.41, 5.74) is 8.80. The number of urea groups is 1. The lowest BCUT2D eigenvalue weighted by Gasteiger charge is -2.26. The number of primary amides is 2. The molecule has 1 aliphatic heterocycles. The molecule has 15 nitrogen and oxygen atoms in total. The molecule has 0 spiro atoms. The molecule has 47 heavy (non-hydrogen) atoms. The van der Waals surface area contributed by atoms with Crippen molar-refractivity contribution in [3.8, 4) is 11.6 Å². The van der Waals surface area contributed by atoms with Gasteiger partial charge in [0, 0.05) is 23.5 Å². The Morgan fingerprint density at radius 2 is 1.45 bits per heavy atom. The highest BCUT2D eigenvalue weighted by Gasteiger charge is 2.36. The molecule has 1 aliphatic rings. The molecular weight excluding hydrogens is 610 g/mol. The van der Waals surface area contributed by atoms with Gasteiger partial charge in [0.25, 0.3) is 17.4 Å². The van der Waals surface area contributed by atoms with E-state index in [0.717, 1.165) is 6.08 Å². The zero-order valence-corrected chi connectivity index (χ0v) is 24.0. The Bertz CT molecular complexity index is 2200. The van der Waals surface area contributed by atoms with Crippen LogP contribution in [0.25, 0.3) is 17.3 Å². The van der Waals surface area contributed by atoms with Crippen LogP contribution in [0.4, 0.5) is 10.5 Å². The number of hydrogen-bond acceptors (Lipinski definition) is 9. The predicted octanol–water partition coefficient (Wildman–Crippen LogP) is 1.13. The maximum Gasteiger partial charge on any atom is 0.335 e. The number of pyridine rings is 1. The number of carbonyl (C=O) groups excluding carboxylic acids is 5. The highest BCUT2D eigenvalue weighted by atomic mass is 16.3. The molecule has 5 rings (SSSR count). The third-order valence-corrected chi connectivity index (χ3v) is 6.87. The number of anilines is 1. The minimum Gasteiger partial charge on any atom is -0.494 e. The van der Waals surface area contributed by atoms with E-state index in [-0.39, 0.29) is 28.1 Å². The van der Waals surface area contributed by atoms with Gasteiger partial charge in [0.15, 0.2) is 0 Å². The summed E-state index contributed by atoms with van der Waals surface area (Å²) in [4.78, 5) is 94.9. The molecule has 0 saturated carbocycles. The lowest BCUT2D eigenvalue weighted by atomic mass is 10.0. The van der Waals surface area contributed by atoms with Crippen LogP contribution in [-0.2, 0) is 9.59 Å². The standard InChI is InChI=1S/C32H23N7O8/c33-25(40)19-3-1-5-21(15-19)38-29(44)23(27(42)36-31(38)46)9-7-17(18-11-13-35-14-12-18)8-10-24-28(43)37-32(47)39(30(24)45)22-6-2-4-20(16-22)26(34)41/h1-16,42H,(H2,33,40)(H2,34,41)(H,36,46)(H,37,43,47). The highest BCUT2D eigenvalue weighted by Crippen LogP contribution is 2.24. The van der Waals surface area contributed by atoms with E-state index >= 15 is 0 Å². The van der Waals surface area contributed by atoms with Gasteiger partial charge in [0.2, 0.25) is 17.7 Å². The molecule has 0 bridgehead atoms. The quantitative estimate of drug-likeness (QED) is 0.106. The summed E-state index contributed by atoms with van der Waals surface area (Å²) >= 11 is 0. The smallest absolute Gasteiger partial charge is 0.335 e. The molecule has 1 fully saturated rings. The molecule has 3 heterocycles. The summed E-state index contributed by atoms with van der Waals surface area (Å²) in [5.74, 6) is -4.31. The van der Waals surface area contributed by atoms with Crippen molar-refractivity contribution in [1.29, 1.82) is 0 Å². The second-order valence-electron chi connectivity index (χ2n) is 9.83. The topological polar surface area (TPSA) is 241 Å². The zero-order valence-electron chi connectivity index (χ0n) is 24.0. The molecule has 15 heteroatoms. The summed E-state index contributed by atoms with van der Waals surface area (Å²) in [6, 6.07) is 13.0. The van der Waals surface area contributed by atoms with Gasteiger partial charge < -0.3 is 16.6 Å². The molecule has 0 unspecified atom stereocenters. The van der Waals surface area contributed by atoms with Gasteiger partial charge in [-0.05, 0) is 71.8 Å². The Morgan fingerprint density at radius 3 is 2.09 bits per heavy atom. The first kappa shape index (κ1) is 31.3. The number of nitrogens with one attached hydrogen (secondary N) is 2. The van der Waals surface area contributed by atoms with Gasteiger partial charge in [-0.3, -0.25) is 39.3 Å². The summed E-state index contributed by atoms with van der Waals surface area (Å²) in [6.45, 7) is 0. The number of aromatic amines is 1. The van der Waals surface area contributed by atoms with E-state index in [9.17, 15) is 38.7 Å². The minimum absolute atomic E-state index is 0.00776. The number of barbiturate groups is 1. The van der Waals surface area contributed by atoms with Gasteiger partial charge in [0.1, 0.15) is 11.1 Å². The SMILES string of the molecule is NC(=O)c1cccc(N2C(=O)NC(=O)C(=CC=C(C=Cc3c(O)[nH]c(=O)n(-c4cccc(C(N)=O)c4)c3=O)c3ccncc3)C2=O)c1. The molecule has 0 radical (unpaired) electrons. The van der Waals surface area contributed by atoms with Gasteiger partial charge >= 0.3 is 11.7 Å². The van der Waals surface area contributed by atoms with E-state index in [1.54, 1.807) is 12.1 Å². The van der Waals surface area contributed by atoms with Gasteiger partial charge in [-0.1, -0.05) is 24.3 Å². The largest absolute Gasteiger partial charge is 0.494 e. The Labute approximate surface area is 263 Å². The Hall–Kier alpha value is -7.16. The zero-order chi connectivity index (χ0) is 33.8. The fourth-order valence-electron chi connectivity index (χ4n) is 4.57. The second-order valence-corrected chi connectivity index (χ2v) is 9.83. The molecule has 1 saturated heterocycles. The fraction of sp³-hybridized carbons (Fsp3) is 0. The fourth-order valence-corrected chi connectivity index (χ4v) is 4.57. The molecule has 7 N–H and O–H groups in total. The van der Waals surface area contributed by atoms with E-state index in [0.29, 0.717) is 20.6 Å². The van der Waals surface area contributed by atoms with Crippen molar-refractivity contribution in [3.63, 3.8) is 0 Å². The number of H-pyrrole nitrogens is 1. The average Bonchev–Trinajstić information content (AvgIpc) is 3.04. The van der Waals surface area contributed by atoms with Crippen molar-refractivity contribution in [2.75, 3.05) is 4.90 Å². The summed E-state index contributed by atoms with van der Waals surface area (Å²) in [7, 11) is 0. The molecule has 0 atom stereocenters. The number of imide groups is 2. The second kappa shape index (κ2) is 12.8. The number of amides is 6. The molecule has 234 valence electrons. The van der Waals surface area contributed by atoms with Crippen LogP contribution in [0.2, 0.25) is 0 Å². The van der Waals surface area contributed by atoms with E-state index in [1.165, 1.54) is 79.2 Å². The van der Waals surface area contributed by atoms with Crippen LogP contribution in [0.5, 0.6) is 5.88 Å². The number of nitrogens with zero attached hydrogens (tertiary/aromatic N) is 3. The van der Waals surface area contributed by atoms with Crippen LogP contribution in [0.1, 0.15) is 31.8 Å². The summed E-state index contributed by atoms with van der Waals surface area (Å²) in [5, 5.41) is 12.6. The summed E-state index contributed by atoms with van der Waals surface area (Å²) in [6.07, 6.45) is 7.99. The number of aromatic nitrogens is 3. The lowest BCUT2D eigenvalue weighted by Crippen LogP contribution is -2.54. The van der Waals surface area contributed by atoms with Crippen molar-refractivity contribution in [2.24, 2.45) is 11.5 Å². The van der Waals surface area contributed by atoms with Gasteiger partial charge in [-0.2, -0.15) is 0 Å². The van der Waals surface area contributed by atoms with Crippen LogP contribution in [0, 0.1) is 0 Å². The maximum atomic E-state index is 13.4. The first-order valence-electron chi connectivity index (χ1n) is 13.5. The van der Waals surface area contributed by atoms with E-state index in [1.807, 2.05) is 0 Å². The van der Waals surface area contributed by atoms with Crippen LogP contribution in [0.15, 0.2) is 106 Å². The van der Waals surface area contributed by atoms with E-state index in [4.69, 9.17) is 11.5 Å². The van der Waals surface area contributed by atoms with Gasteiger partial charge in [0.05, 0.1) is 11.4 Å². The van der Waals surface area contributed by atoms with E-state index < -0.39 is 52.4 Å². The van der Waals surface area contributed by atoms with Crippen LogP contribution in [0.3, 0.4) is 0 Å². The predicted molar refractivity (Wildman–Crippen MR) is 168 cm³/mol. The third-order valence-electron chi connectivity index (χ3n) is 6.87. The van der Waals surface area contributed by atoms with Crippen LogP contribution < -0.4 is 32.9 Å². The number of carbonyl (C=O) groups is 5. The third kappa shape index (κ3) is 6.39. The average molecular weight is 634 g/mol. The van der Waals surface area contributed by atoms with Gasteiger partial charge in [-0.25, -0.2) is 19.1 Å². The van der Waals surface area contributed by atoms with Crippen molar-refractivity contribution in [2.45, 2.75) is 0 Å². The maximum absolute atomic E-state index is 13.4. The van der Waals surface area contributed by atoms with Crippen molar-refractivity contribution in [3.05, 3.63) is 140 Å². The number of allylic oxidation sites excluding steroid dienone is 4. The Morgan fingerprint density at radius 1 is 0.830 bits per heavy atom. The number of hydrogen-bond donors (Lipinski definition) is 5. The van der Waals surface area contributed by atoms with Crippen molar-refractivity contribution >= 4 is 47.0 Å². The molecule has 0 aliphatic carbocycles. The lowest BCUT2D eigenvalue weighted by molar-refractivity contribution is -0.122. The Kier molecular flexibility index (Phi) is 8.54. The summed E-state index contributed by atoms with van der Waals surface area (Å²) < 4.78 is 0.702. The first-order chi connectivity index (χ1) is 22.5. The van der Waals surface area contributed by atoms with E-state index in [2.05, 4.69) is 15.3 Å². The highest BCUT2D eigenvalue weighted by molar-refractivity contribution is 6.37. The number of nitrogens with two attached hydrogens (primary N) is 2. The number of rotatable bonds is 8. The van der Waals surface area contributed by atoms with Crippen LogP contribution >= 0.6 is 0 Å². The molecule has 2 aromatic heterocycles. The van der Waals surface area contributed by atoms with Crippen molar-refractivity contribution in [1.82, 2.24) is 19.9 Å². The van der Waals surface area contributed by atoms with Crippen molar-refractivity contribution < 1.29 is 29.1 Å². The minimum atomic E-state index is -1.04. The first-order valence-corrected chi connectivity index (χ1v) is 13.5. The van der Waals surface area contributed by atoms with Crippen LogP contribution in [-0.4, -0.2) is 49.3 Å². The molecule has 2 aromatic carbocycles. The molecule has 6 amide bonds. The normalized spacial score (nSPS) is 14.5. The van der Waals surface area contributed by atoms with Gasteiger partial charge in [-0.15, -0.1) is 0 Å². The monoisotopic (exact) mass is 633 g/mol. The molecule has 4 aromatic rings. The number of benzene rings is 2. The Balaban J connectivity index is 1.58. The molecular formula is C32H23N7O8. The number of aromatic hydroxyl groups is 1.